The van der Waals surface area contributed by atoms with Crippen molar-refractivity contribution in [2.75, 3.05) is 0 Å². The van der Waals surface area contributed by atoms with Gasteiger partial charge in [0.2, 0.25) is 0 Å². The maximum Gasteiger partial charge on any atom is 0.133 e. The summed E-state index contributed by atoms with van der Waals surface area (Å²) in [6.07, 6.45) is 7.31. The van der Waals surface area contributed by atoms with E-state index in [1.54, 1.807) is 12.2 Å². The molecule has 2 heteroatoms. The molecule has 0 unspecified atom stereocenters. The minimum absolute atomic E-state index is 0.446. The number of allylic oxidation sites excluding steroid dienone is 2. The van der Waals surface area contributed by atoms with Crippen LogP contribution in [0.25, 0.3) is 0 Å². The zero-order chi connectivity index (χ0) is 6.74. The highest BCUT2D eigenvalue weighted by molar-refractivity contribution is 5.65. The molecule has 0 spiro atoms. The first-order chi connectivity index (χ1) is 4.27. The number of ether oxygens (including phenoxy) is 1. The molecule has 0 bridgehead atoms. The lowest BCUT2D eigenvalue weighted by molar-refractivity contribution is -0.112. The van der Waals surface area contributed by atoms with Crippen molar-refractivity contribution in [1.82, 2.24) is 0 Å². The number of rotatable bonds is 1. The first-order valence-electron chi connectivity index (χ1n) is 2.74. The van der Waals surface area contributed by atoms with Gasteiger partial charge in [0.1, 0.15) is 6.29 Å². The molecular weight excluding hydrogens is 116 g/mol. The van der Waals surface area contributed by atoms with E-state index in [9.17, 15) is 4.79 Å². The van der Waals surface area contributed by atoms with Crippen LogP contribution in [0, 0.1) is 5.41 Å². The predicted octanol–water partition coefficient (Wildman–Crippen LogP) is 1.25. The van der Waals surface area contributed by atoms with Gasteiger partial charge < -0.3 is 9.53 Å². The Hall–Kier alpha value is -1.05. The van der Waals surface area contributed by atoms with Crippen molar-refractivity contribution in [1.29, 1.82) is 0 Å². The van der Waals surface area contributed by atoms with Gasteiger partial charge in [0.25, 0.3) is 0 Å². The molecule has 0 aromatic carbocycles. The number of aldehydes is 1. The summed E-state index contributed by atoms with van der Waals surface area (Å²) in [7, 11) is 0. The van der Waals surface area contributed by atoms with Gasteiger partial charge in [-0.15, -0.1) is 0 Å². The van der Waals surface area contributed by atoms with E-state index in [0.29, 0.717) is 0 Å². The van der Waals surface area contributed by atoms with Gasteiger partial charge in [-0.25, -0.2) is 0 Å². The fourth-order valence-electron chi connectivity index (χ4n) is 0.551. The van der Waals surface area contributed by atoms with Gasteiger partial charge in [-0.05, 0) is 19.1 Å². The van der Waals surface area contributed by atoms with Crippen LogP contribution in [0.5, 0.6) is 0 Å². The smallest absolute Gasteiger partial charge is 0.133 e. The van der Waals surface area contributed by atoms with Crippen molar-refractivity contribution in [3.63, 3.8) is 0 Å². The van der Waals surface area contributed by atoms with Gasteiger partial charge in [0.15, 0.2) is 0 Å². The van der Waals surface area contributed by atoms with Crippen LogP contribution in [-0.4, -0.2) is 6.29 Å². The molecule has 0 atom stereocenters. The molecule has 0 aliphatic carbocycles. The summed E-state index contributed by atoms with van der Waals surface area (Å²) < 4.78 is 4.75. The second-order valence-electron chi connectivity index (χ2n) is 2.23. The molecule has 0 amide bonds. The zero-order valence-corrected chi connectivity index (χ0v) is 5.20. The largest absolute Gasteiger partial charge is 0.473 e. The SMILES string of the molecule is CC1(C=O)C=COC=C1. The monoisotopic (exact) mass is 124 g/mol. The van der Waals surface area contributed by atoms with E-state index in [1.165, 1.54) is 12.5 Å². The Morgan fingerprint density at radius 1 is 1.44 bits per heavy atom. The van der Waals surface area contributed by atoms with Gasteiger partial charge >= 0.3 is 0 Å². The van der Waals surface area contributed by atoms with Crippen LogP contribution in [0.4, 0.5) is 0 Å². The second-order valence-corrected chi connectivity index (χ2v) is 2.23. The van der Waals surface area contributed by atoms with Gasteiger partial charge in [0, 0.05) is 0 Å². The van der Waals surface area contributed by atoms with Gasteiger partial charge in [-0.3, -0.25) is 0 Å². The minimum atomic E-state index is -0.446. The quantitative estimate of drug-likeness (QED) is 0.492. The van der Waals surface area contributed by atoms with Crippen molar-refractivity contribution in [3.8, 4) is 0 Å². The molecule has 0 aromatic rings. The third-order valence-corrected chi connectivity index (χ3v) is 1.27. The average molecular weight is 124 g/mol. The Labute approximate surface area is 53.8 Å². The fourth-order valence-corrected chi connectivity index (χ4v) is 0.551. The molecule has 48 valence electrons. The van der Waals surface area contributed by atoms with E-state index >= 15 is 0 Å². The second kappa shape index (κ2) is 2.05. The first-order valence-corrected chi connectivity index (χ1v) is 2.74. The van der Waals surface area contributed by atoms with Gasteiger partial charge in [-0.1, -0.05) is 0 Å². The van der Waals surface area contributed by atoms with Crippen molar-refractivity contribution < 1.29 is 9.53 Å². The maximum atomic E-state index is 10.3. The highest BCUT2D eigenvalue weighted by Gasteiger charge is 2.17. The van der Waals surface area contributed by atoms with Gasteiger partial charge in [0.05, 0.1) is 17.9 Å². The molecule has 0 fully saturated rings. The van der Waals surface area contributed by atoms with E-state index in [2.05, 4.69) is 0 Å². The summed E-state index contributed by atoms with van der Waals surface area (Å²) in [4.78, 5) is 10.3. The summed E-state index contributed by atoms with van der Waals surface area (Å²) >= 11 is 0. The molecular formula is C7H8O2. The lowest BCUT2D eigenvalue weighted by Gasteiger charge is -2.14. The summed E-state index contributed by atoms with van der Waals surface area (Å²) in [6, 6.07) is 0. The molecule has 1 aliphatic rings. The Morgan fingerprint density at radius 2 is 2.00 bits per heavy atom. The van der Waals surface area contributed by atoms with Gasteiger partial charge in [-0.2, -0.15) is 0 Å². The third kappa shape index (κ3) is 1.19. The van der Waals surface area contributed by atoms with Crippen LogP contribution in [0.3, 0.4) is 0 Å². The summed E-state index contributed by atoms with van der Waals surface area (Å²) in [5, 5.41) is 0. The van der Waals surface area contributed by atoms with E-state index in [-0.39, 0.29) is 0 Å². The summed E-state index contributed by atoms with van der Waals surface area (Å²) in [6.45, 7) is 1.82. The molecule has 1 heterocycles. The topological polar surface area (TPSA) is 26.3 Å². The molecule has 1 aliphatic heterocycles. The Morgan fingerprint density at radius 3 is 2.33 bits per heavy atom. The molecule has 0 N–H and O–H groups in total. The van der Waals surface area contributed by atoms with Crippen LogP contribution >= 0.6 is 0 Å². The molecule has 0 radical (unpaired) electrons. The van der Waals surface area contributed by atoms with Crippen molar-refractivity contribution in [3.05, 3.63) is 24.7 Å². The predicted molar refractivity (Wildman–Crippen MR) is 33.5 cm³/mol. The van der Waals surface area contributed by atoms with Crippen LogP contribution in [0.15, 0.2) is 24.7 Å². The molecule has 9 heavy (non-hydrogen) atoms. The molecule has 1 rings (SSSR count). The average Bonchev–Trinajstić information content (AvgIpc) is 1.90. The summed E-state index contributed by atoms with van der Waals surface area (Å²) in [5.74, 6) is 0. The maximum absolute atomic E-state index is 10.3. The molecule has 0 aromatic heterocycles. The van der Waals surface area contributed by atoms with Crippen molar-refractivity contribution >= 4 is 6.29 Å². The standard InChI is InChI=1S/C7H8O2/c1-7(6-8)2-4-9-5-3-7/h2-6H,1H3. The Balaban J connectivity index is 2.78. The molecule has 0 saturated carbocycles. The van der Waals surface area contributed by atoms with Crippen molar-refractivity contribution in [2.24, 2.45) is 5.41 Å². The lowest BCUT2D eigenvalue weighted by Crippen LogP contribution is -2.12. The summed E-state index contributed by atoms with van der Waals surface area (Å²) in [5.41, 5.74) is -0.446. The van der Waals surface area contributed by atoms with Crippen LogP contribution in [0.2, 0.25) is 0 Å². The number of carbonyl (C=O) groups is 1. The van der Waals surface area contributed by atoms with E-state index in [0.717, 1.165) is 6.29 Å². The molecule has 2 nitrogen and oxygen atoms in total. The third-order valence-electron chi connectivity index (χ3n) is 1.27. The zero-order valence-electron chi connectivity index (χ0n) is 5.20. The normalized spacial score (nSPS) is 21.0. The highest BCUT2D eigenvalue weighted by Crippen LogP contribution is 2.19. The van der Waals surface area contributed by atoms with E-state index < -0.39 is 5.41 Å². The van der Waals surface area contributed by atoms with E-state index in [1.807, 2.05) is 6.92 Å². The Bertz CT molecular complexity index is 156. The lowest BCUT2D eigenvalue weighted by atomic mass is 9.93. The Kier molecular flexibility index (Phi) is 1.39. The fraction of sp³-hybridized carbons (Fsp3) is 0.286. The van der Waals surface area contributed by atoms with Crippen molar-refractivity contribution in [2.45, 2.75) is 6.92 Å². The molecule has 0 saturated heterocycles. The number of hydrogen-bond donors (Lipinski definition) is 0. The van der Waals surface area contributed by atoms with Crippen LogP contribution in [0.1, 0.15) is 6.92 Å². The first kappa shape index (κ1) is 6.08. The van der Waals surface area contributed by atoms with Crippen LogP contribution in [-0.2, 0) is 9.53 Å². The van der Waals surface area contributed by atoms with Crippen LogP contribution < -0.4 is 0 Å². The number of carbonyl (C=O) groups excluding carboxylic acids is 1. The number of hydrogen-bond acceptors (Lipinski definition) is 2. The van der Waals surface area contributed by atoms with E-state index in [4.69, 9.17) is 4.74 Å². The highest BCUT2D eigenvalue weighted by atomic mass is 16.5. The minimum Gasteiger partial charge on any atom is -0.473 e.